The second-order valence-corrected chi connectivity index (χ2v) is 4.09. The number of para-hydroxylation sites is 1. The number of alkyl halides is 1. The molecule has 1 atom stereocenters. The summed E-state index contributed by atoms with van der Waals surface area (Å²) < 4.78 is 1.62. The number of anilines is 1. The fourth-order valence-corrected chi connectivity index (χ4v) is 2.32. The Kier molecular flexibility index (Phi) is 2.71. The highest BCUT2D eigenvalue weighted by Gasteiger charge is 2.23. The van der Waals surface area contributed by atoms with Crippen molar-refractivity contribution in [3.8, 4) is 0 Å². The van der Waals surface area contributed by atoms with E-state index in [9.17, 15) is 0 Å². The van der Waals surface area contributed by atoms with Crippen molar-refractivity contribution in [2.24, 2.45) is 0 Å². The van der Waals surface area contributed by atoms with Gasteiger partial charge in [0.25, 0.3) is 0 Å². The van der Waals surface area contributed by atoms with Crippen LogP contribution in [0.2, 0.25) is 0 Å². The molecule has 14 heavy (non-hydrogen) atoms. The van der Waals surface area contributed by atoms with Crippen LogP contribution < -0.4 is 4.42 Å². The van der Waals surface area contributed by atoms with E-state index in [-0.39, 0.29) is 5.38 Å². The number of rotatable bonds is 1. The lowest BCUT2D eigenvalue weighted by Crippen LogP contribution is -2.13. The molecule has 0 radical (unpaired) electrons. The summed E-state index contributed by atoms with van der Waals surface area (Å²) in [5, 5.41) is -0.0359. The minimum absolute atomic E-state index is 0.0359. The molecule has 0 aliphatic carbocycles. The molecule has 1 unspecified atom stereocenters. The molecule has 3 heteroatoms. The SMILES string of the molecule is CCC1=CN(Cl)c2ccccc2C1Cl. The molecule has 1 aromatic rings. The fraction of sp³-hybridized carbons (Fsp3) is 0.273. The van der Waals surface area contributed by atoms with Crippen LogP contribution in [0.3, 0.4) is 0 Å². The van der Waals surface area contributed by atoms with Crippen LogP contribution in [0.1, 0.15) is 24.3 Å². The second kappa shape index (κ2) is 3.84. The van der Waals surface area contributed by atoms with Gasteiger partial charge in [-0.05, 0) is 23.6 Å². The van der Waals surface area contributed by atoms with E-state index < -0.39 is 0 Å². The van der Waals surface area contributed by atoms with Gasteiger partial charge in [-0.1, -0.05) is 25.1 Å². The smallest absolute Gasteiger partial charge is 0.0833 e. The van der Waals surface area contributed by atoms with Crippen molar-refractivity contribution in [1.82, 2.24) is 0 Å². The Morgan fingerprint density at radius 1 is 1.36 bits per heavy atom. The van der Waals surface area contributed by atoms with E-state index in [2.05, 4.69) is 6.92 Å². The zero-order valence-electron chi connectivity index (χ0n) is 7.87. The van der Waals surface area contributed by atoms with Gasteiger partial charge in [-0.25, -0.2) is 0 Å². The Balaban J connectivity index is 2.49. The zero-order valence-corrected chi connectivity index (χ0v) is 9.39. The molecule has 1 aliphatic heterocycles. The molecule has 0 amide bonds. The van der Waals surface area contributed by atoms with E-state index >= 15 is 0 Å². The number of hydrogen-bond donors (Lipinski definition) is 0. The summed E-state index contributed by atoms with van der Waals surface area (Å²) in [6.45, 7) is 2.08. The van der Waals surface area contributed by atoms with E-state index in [0.29, 0.717) is 0 Å². The quantitative estimate of drug-likeness (QED) is 0.513. The highest BCUT2D eigenvalue weighted by atomic mass is 35.5. The Labute approximate surface area is 94.0 Å². The van der Waals surface area contributed by atoms with Gasteiger partial charge in [-0.2, -0.15) is 0 Å². The number of nitrogens with zero attached hydrogens (tertiary/aromatic N) is 1. The van der Waals surface area contributed by atoms with E-state index in [1.807, 2.05) is 30.5 Å². The van der Waals surface area contributed by atoms with E-state index in [1.54, 1.807) is 4.42 Å². The fourth-order valence-electron chi connectivity index (χ4n) is 1.65. The lowest BCUT2D eigenvalue weighted by Gasteiger charge is -2.26. The maximum atomic E-state index is 6.33. The zero-order chi connectivity index (χ0) is 10.1. The van der Waals surface area contributed by atoms with Crippen LogP contribution in [0.25, 0.3) is 0 Å². The Bertz CT molecular complexity index is 373. The molecule has 1 aromatic carbocycles. The molecule has 0 bridgehead atoms. The summed E-state index contributed by atoms with van der Waals surface area (Å²) in [6.07, 6.45) is 2.83. The number of allylic oxidation sites excluding steroid dienone is 1. The average Bonchev–Trinajstić information content (AvgIpc) is 2.23. The molecular formula is C11H11Cl2N. The lowest BCUT2D eigenvalue weighted by atomic mass is 9.99. The molecular weight excluding hydrogens is 217 g/mol. The molecule has 74 valence electrons. The van der Waals surface area contributed by atoms with Crippen molar-refractivity contribution in [1.29, 1.82) is 0 Å². The monoisotopic (exact) mass is 227 g/mol. The lowest BCUT2D eigenvalue weighted by molar-refractivity contribution is 0.944. The van der Waals surface area contributed by atoms with Crippen LogP contribution in [0.5, 0.6) is 0 Å². The van der Waals surface area contributed by atoms with Crippen LogP contribution in [0, 0.1) is 0 Å². The summed E-state index contributed by atoms with van der Waals surface area (Å²) in [7, 11) is 0. The number of benzene rings is 1. The summed E-state index contributed by atoms with van der Waals surface area (Å²) in [5.41, 5.74) is 3.22. The van der Waals surface area contributed by atoms with Crippen LogP contribution in [0.15, 0.2) is 36.0 Å². The van der Waals surface area contributed by atoms with Crippen molar-refractivity contribution in [3.63, 3.8) is 0 Å². The van der Waals surface area contributed by atoms with Crippen LogP contribution in [-0.2, 0) is 0 Å². The Morgan fingerprint density at radius 2 is 2.07 bits per heavy atom. The first-order valence-electron chi connectivity index (χ1n) is 4.62. The largest absolute Gasteiger partial charge is 0.261 e. The molecule has 1 heterocycles. The van der Waals surface area contributed by atoms with E-state index in [0.717, 1.165) is 23.2 Å². The molecule has 0 spiro atoms. The molecule has 1 aliphatic rings. The molecule has 0 aromatic heterocycles. The third kappa shape index (κ3) is 1.51. The third-order valence-electron chi connectivity index (χ3n) is 2.45. The summed E-state index contributed by atoms with van der Waals surface area (Å²) in [5.74, 6) is 0. The van der Waals surface area contributed by atoms with Gasteiger partial charge in [0.1, 0.15) is 0 Å². The van der Waals surface area contributed by atoms with Crippen molar-refractivity contribution in [2.45, 2.75) is 18.7 Å². The highest BCUT2D eigenvalue weighted by Crippen LogP contribution is 2.41. The van der Waals surface area contributed by atoms with E-state index in [1.165, 1.54) is 0 Å². The topological polar surface area (TPSA) is 3.24 Å². The first-order valence-corrected chi connectivity index (χ1v) is 5.40. The van der Waals surface area contributed by atoms with Crippen LogP contribution in [0.4, 0.5) is 5.69 Å². The maximum absolute atomic E-state index is 6.33. The number of halogens is 2. The molecule has 0 saturated heterocycles. The van der Waals surface area contributed by atoms with Gasteiger partial charge >= 0.3 is 0 Å². The predicted molar refractivity (Wildman–Crippen MR) is 61.7 cm³/mol. The van der Waals surface area contributed by atoms with Gasteiger partial charge in [-0.15, -0.1) is 11.6 Å². The Hall–Kier alpha value is -0.660. The van der Waals surface area contributed by atoms with Crippen molar-refractivity contribution in [3.05, 3.63) is 41.6 Å². The predicted octanol–water partition coefficient (Wildman–Crippen LogP) is 4.23. The third-order valence-corrected chi connectivity index (χ3v) is 3.25. The second-order valence-electron chi connectivity index (χ2n) is 3.29. The average molecular weight is 228 g/mol. The summed E-state index contributed by atoms with van der Waals surface area (Å²) >= 11 is 12.4. The van der Waals surface area contributed by atoms with Gasteiger partial charge in [0.15, 0.2) is 0 Å². The summed E-state index contributed by atoms with van der Waals surface area (Å²) in [6, 6.07) is 7.94. The maximum Gasteiger partial charge on any atom is 0.0833 e. The summed E-state index contributed by atoms with van der Waals surface area (Å²) in [4.78, 5) is 0. The Morgan fingerprint density at radius 3 is 2.79 bits per heavy atom. The highest BCUT2D eigenvalue weighted by molar-refractivity contribution is 6.29. The standard InChI is InChI=1S/C11H11Cl2N/c1-2-8-7-14(13)10-6-4-3-5-9(10)11(8)12/h3-7,11H,2H2,1H3. The van der Waals surface area contributed by atoms with Gasteiger partial charge in [0, 0.05) is 18.0 Å². The number of hydrogen-bond acceptors (Lipinski definition) is 1. The van der Waals surface area contributed by atoms with Crippen molar-refractivity contribution < 1.29 is 0 Å². The molecule has 0 fully saturated rings. The van der Waals surface area contributed by atoms with Crippen molar-refractivity contribution in [2.75, 3.05) is 4.42 Å². The minimum atomic E-state index is -0.0359. The van der Waals surface area contributed by atoms with Gasteiger partial charge < -0.3 is 0 Å². The molecule has 0 saturated carbocycles. The normalized spacial score (nSPS) is 20.4. The van der Waals surface area contributed by atoms with Crippen LogP contribution >= 0.6 is 23.4 Å². The molecule has 1 nitrogen and oxygen atoms in total. The first-order chi connectivity index (χ1) is 6.74. The van der Waals surface area contributed by atoms with E-state index in [4.69, 9.17) is 23.4 Å². The van der Waals surface area contributed by atoms with Crippen LogP contribution in [-0.4, -0.2) is 0 Å². The van der Waals surface area contributed by atoms with Crippen molar-refractivity contribution >= 4 is 29.1 Å². The molecule has 0 N–H and O–H groups in total. The molecule has 2 rings (SSSR count). The van der Waals surface area contributed by atoms with Gasteiger partial charge in [0.2, 0.25) is 0 Å². The van der Waals surface area contributed by atoms with Gasteiger partial charge in [0.05, 0.1) is 11.1 Å². The number of fused-ring (bicyclic) bond motifs is 1. The first kappa shape index (κ1) is 9.88. The van der Waals surface area contributed by atoms with Gasteiger partial charge in [-0.3, -0.25) is 4.42 Å². The minimum Gasteiger partial charge on any atom is -0.261 e.